The fraction of sp³-hybridized carbons (Fsp3) is 0.467. The lowest BCUT2D eigenvalue weighted by Crippen LogP contribution is -2.43. The number of rotatable bonds is 2. The third-order valence-corrected chi connectivity index (χ3v) is 8.29. The Bertz CT molecular complexity index is 452. The molecular formula is C15H22OSi. The summed E-state index contributed by atoms with van der Waals surface area (Å²) in [5.41, 5.74) is 2.73. The zero-order chi connectivity index (χ0) is 12.7. The van der Waals surface area contributed by atoms with Crippen LogP contribution in [0.2, 0.25) is 18.1 Å². The van der Waals surface area contributed by atoms with E-state index in [0.717, 1.165) is 12.2 Å². The minimum Gasteiger partial charge on any atom is -0.543 e. The molecule has 0 aromatic heterocycles. The van der Waals surface area contributed by atoms with Crippen LogP contribution in [0.5, 0.6) is 5.75 Å². The Kier molecular flexibility index (Phi) is 2.94. The third-order valence-electron chi connectivity index (χ3n) is 3.93. The van der Waals surface area contributed by atoms with Gasteiger partial charge in [0.2, 0.25) is 8.32 Å². The highest BCUT2D eigenvalue weighted by Gasteiger charge is 2.38. The number of benzene rings is 1. The van der Waals surface area contributed by atoms with Crippen LogP contribution in [0.1, 0.15) is 31.9 Å². The molecule has 0 saturated carbocycles. The molecule has 1 aromatic carbocycles. The van der Waals surface area contributed by atoms with Crippen LogP contribution in [0.4, 0.5) is 0 Å². The maximum absolute atomic E-state index is 6.30. The van der Waals surface area contributed by atoms with E-state index in [-0.39, 0.29) is 5.04 Å². The smallest absolute Gasteiger partial charge is 0.250 e. The van der Waals surface area contributed by atoms with Crippen molar-refractivity contribution >= 4 is 14.4 Å². The van der Waals surface area contributed by atoms with E-state index in [1.165, 1.54) is 11.1 Å². The lowest BCUT2D eigenvalue weighted by molar-refractivity contribution is 0.492. The predicted octanol–water partition coefficient (Wildman–Crippen LogP) is 4.64. The first-order valence-corrected chi connectivity index (χ1v) is 9.19. The lowest BCUT2D eigenvalue weighted by Gasteiger charge is -2.36. The van der Waals surface area contributed by atoms with Crippen molar-refractivity contribution in [1.82, 2.24) is 0 Å². The molecule has 0 saturated heterocycles. The van der Waals surface area contributed by atoms with Crippen molar-refractivity contribution in [1.29, 1.82) is 0 Å². The third kappa shape index (κ3) is 2.47. The highest BCUT2D eigenvalue weighted by atomic mass is 28.4. The maximum atomic E-state index is 6.30. The second kappa shape index (κ2) is 4.02. The maximum Gasteiger partial charge on any atom is 0.250 e. The van der Waals surface area contributed by atoms with Gasteiger partial charge in [0.1, 0.15) is 5.75 Å². The van der Waals surface area contributed by atoms with Crippen molar-refractivity contribution in [2.24, 2.45) is 0 Å². The summed E-state index contributed by atoms with van der Waals surface area (Å²) in [6, 6.07) is 6.49. The minimum atomic E-state index is -1.70. The zero-order valence-corrected chi connectivity index (χ0v) is 12.5. The molecule has 1 aromatic rings. The van der Waals surface area contributed by atoms with Gasteiger partial charge in [0.25, 0.3) is 0 Å². The van der Waals surface area contributed by atoms with E-state index in [4.69, 9.17) is 4.43 Å². The summed E-state index contributed by atoms with van der Waals surface area (Å²) in [7, 11) is -1.70. The van der Waals surface area contributed by atoms with Gasteiger partial charge in [-0.3, -0.25) is 0 Å². The molecule has 0 radical (unpaired) electrons. The van der Waals surface area contributed by atoms with Crippen molar-refractivity contribution in [3.63, 3.8) is 0 Å². The van der Waals surface area contributed by atoms with Crippen molar-refractivity contribution in [2.75, 3.05) is 0 Å². The number of hydrogen-bond donors (Lipinski definition) is 0. The molecule has 1 nitrogen and oxygen atoms in total. The molecular weight excluding hydrogens is 224 g/mol. The molecule has 2 heteroatoms. The molecule has 0 atom stereocenters. The molecule has 1 aliphatic carbocycles. The van der Waals surface area contributed by atoms with Gasteiger partial charge in [-0.2, -0.15) is 0 Å². The van der Waals surface area contributed by atoms with Crippen molar-refractivity contribution in [2.45, 2.75) is 45.3 Å². The second-order valence-corrected chi connectivity index (χ2v) is 11.1. The topological polar surface area (TPSA) is 9.23 Å². The van der Waals surface area contributed by atoms with E-state index in [9.17, 15) is 0 Å². The second-order valence-electron chi connectivity index (χ2n) is 6.33. The molecule has 17 heavy (non-hydrogen) atoms. The molecule has 0 bridgehead atoms. The van der Waals surface area contributed by atoms with E-state index in [1.54, 1.807) is 0 Å². The fourth-order valence-electron chi connectivity index (χ4n) is 1.74. The van der Waals surface area contributed by atoms with Crippen LogP contribution in [-0.2, 0) is 6.42 Å². The van der Waals surface area contributed by atoms with Crippen molar-refractivity contribution < 1.29 is 4.43 Å². The monoisotopic (exact) mass is 246 g/mol. The van der Waals surface area contributed by atoms with Gasteiger partial charge in [-0.05, 0) is 47.8 Å². The van der Waals surface area contributed by atoms with Gasteiger partial charge < -0.3 is 4.43 Å². The molecule has 2 rings (SSSR count). The van der Waals surface area contributed by atoms with Crippen LogP contribution in [0.15, 0.2) is 24.3 Å². The Hall–Kier alpha value is -1.02. The van der Waals surface area contributed by atoms with E-state index in [0.29, 0.717) is 0 Å². The SMILES string of the molecule is CC(C)(C)[Si](C)(C)Oc1ccc2c(c1)C=CC2. The van der Waals surface area contributed by atoms with Gasteiger partial charge >= 0.3 is 0 Å². The summed E-state index contributed by atoms with van der Waals surface area (Å²) < 4.78 is 6.30. The van der Waals surface area contributed by atoms with Crippen molar-refractivity contribution in [3.8, 4) is 5.75 Å². The van der Waals surface area contributed by atoms with Crippen LogP contribution >= 0.6 is 0 Å². The average Bonchev–Trinajstić information content (AvgIpc) is 2.62. The number of allylic oxidation sites excluding steroid dienone is 1. The van der Waals surface area contributed by atoms with Crippen LogP contribution in [0, 0.1) is 0 Å². The van der Waals surface area contributed by atoms with Gasteiger partial charge in [-0.25, -0.2) is 0 Å². The molecule has 0 N–H and O–H groups in total. The van der Waals surface area contributed by atoms with Crippen LogP contribution in [0.3, 0.4) is 0 Å². The Morgan fingerprint density at radius 2 is 1.88 bits per heavy atom. The zero-order valence-electron chi connectivity index (χ0n) is 11.5. The molecule has 1 aliphatic rings. The molecule has 0 unspecified atom stereocenters. The van der Waals surface area contributed by atoms with E-state index in [1.807, 2.05) is 0 Å². The van der Waals surface area contributed by atoms with Crippen LogP contribution in [-0.4, -0.2) is 8.32 Å². The number of hydrogen-bond acceptors (Lipinski definition) is 1. The standard InChI is InChI=1S/C15H22OSi/c1-15(2,3)17(4,5)16-14-10-9-12-7-6-8-13(12)11-14/h6,8-11H,7H2,1-5H3. The van der Waals surface area contributed by atoms with E-state index >= 15 is 0 Å². The fourth-order valence-corrected chi connectivity index (χ4v) is 2.76. The molecule has 0 spiro atoms. The van der Waals surface area contributed by atoms with Gasteiger partial charge in [-0.1, -0.05) is 39.0 Å². The summed E-state index contributed by atoms with van der Waals surface area (Å²) >= 11 is 0. The van der Waals surface area contributed by atoms with Gasteiger partial charge in [-0.15, -0.1) is 0 Å². The highest BCUT2D eigenvalue weighted by Crippen LogP contribution is 2.38. The summed E-state index contributed by atoms with van der Waals surface area (Å²) in [6.45, 7) is 11.4. The molecule has 0 aliphatic heterocycles. The van der Waals surface area contributed by atoms with Gasteiger partial charge in [0, 0.05) is 0 Å². The Balaban J connectivity index is 2.22. The minimum absolute atomic E-state index is 0.252. The summed E-state index contributed by atoms with van der Waals surface area (Å²) in [6.07, 6.45) is 5.46. The summed E-state index contributed by atoms with van der Waals surface area (Å²) in [5, 5.41) is 0.252. The van der Waals surface area contributed by atoms with E-state index < -0.39 is 8.32 Å². The molecule has 0 fully saturated rings. The van der Waals surface area contributed by atoms with E-state index in [2.05, 4.69) is 64.2 Å². The predicted molar refractivity (Wildman–Crippen MR) is 77.0 cm³/mol. The first-order chi connectivity index (χ1) is 7.79. The molecule has 0 heterocycles. The largest absolute Gasteiger partial charge is 0.543 e. The van der Waals surface area contributed by atoms with Crippen molar-refractivity contribution in [3.05, 3.63) is 35.4 Å². The molecule has 92 valence electrons. The normalized spacial score (nSPS) is 14.9. The van der Waals surface area contributed by atoms with Gasteiger partial charge in [0.05, 0.1) is 0 Å². The van der Waals surface area contributed by atoms with Crippen LogP contribution < -0.4 is 4.43 Å². The summed E-state index contributed by atoms with van der Waals surface area (Å²) in [5.74, 6) is 1.03. The Morgan fingerprint density at radius 3 is 2.53 bits per heavy atom. The first kappa shape index (κ1) is 12.4. The number of fused-ring (bicyclic) bond motifs is 1. The van der Waals surface area contributed by atoms with Crippen LogP contribution in [0.25, 0.3) is 6.08 Å². The lowest BCUT2D eigenvalue weighted by atomic mass is 10.1. The first-order valence-electron chi connectivity index (χ1n) is 6.28. The van der Waals surface area contributed by atoms with Gasteiger partial charge in [0.15, 0.2) is 0 Å². The summed E-state index contributed by atoms with van der Waals surface area (Å²) in [4.78, 5) is 0. The highest BCUT2D eigenvalue weighted by molar-refractivity contribution is 6.74. The average molecular weight is 246 g/mol. The Morgan fingerprint density at radius 1 is 1.18 bits per heavy atom. The Labute approximate surface area is 106 Å². The molecule has 0 amide bonds. The quantitative estimate of drug-likeness (QED) is 0.691.